The summed E-state index contributed by atoms with van der Waals surface area (Å²) in [6.45, 7) is 0.802. The molecule has 3 nitrogen and oxygen atoms in total. The average Bonchev–Trinajstić information content (AvgIpc) is 2.73. The molecule has 0 atom stereocenters. The maximum atomic E-state index is 11.6. The molecule has 1 aromatic rings. The third-order valence-corrected chi connectivity index (χ3v) is 3.66. The molecule has 1 aliphatic carbocycles. The molecule has 0 amide bonds. The molecule has 82 valence electrons. The van der Waals surface area contributed by atoms with Crippen LogP contribution in [-0.2, 0) is 6.54 Å². The van der Waals surface area contributed by atoms with Crippen molar-refractivity contribution in [3.05, 3.63) is 27.4 Å². The maximum Gasteiger partial charge on any atom is 0.267 e. The van der Waals surface area contributed by atoms with Crippen molar-refractivity contribution in [2.24, 2.45) is 5.92 Å². The van der Waals surface area contributed by atoms with Crippen LogP contribution in [0.15, 0.2) is 21.8 Å². The summed E-state index contributed by atoms with van der Waals surface area (Å²) in [6, 6.07) is 0. The van der Waals surface area contributed by atoms with Gasteiger partial charge in [0.15, 0.2) is 0 Å². The Balaban J connectivity index is 1.98. The fourth-order valence-electron chi connectivity index (χ4n) is 2.20. The number of hydrogen-bond acceptors (Lipinski definition) is 2. The summed E-state index contributed by atoms with van der Waals surface area (Å²) >= 11 is 3.20. The van der Waals surface area contributed by atoms with E-state index in [4.69, 9.17) is 0 Å². The van der Waals surface area contributed by atoms with E-state index in [0.29, 0.717) is 4.47 Å². The fraction of sp³-hybridized carbons (Fsp3) is 0.636. The number of rotatable bonds is 3. The minimum absolute atomic E-state index is 0.0306. The lowest BCUT2D eigenvalue weighted by atomic mass is 10.0. The monoisotopic (exact) mass is 270 g/mol. The van der Waals surface area contributed by atoms with Gasteiger partial charge in [-0.1, -0.05) is 25.7 Å². The minimum Gasteiger partial charge on any atom is -0.298 e. The highest BCUT2D eigenvalue weighted by Crippen LogP contribution is 2.27. The molecule has 0 aliphatic heterocycles. The molecule has 0 aromatic carbocycles. The second-order valence-electron chi connectivity index (χ2n) is 4.18. The normalized spacial score (nSPS) is 17.1. The quantitative estimate of drug-likeness (QED) is 0.846. The molecule has 0 bridgehead atoms. The lowest BCUT2D eigenvalue weighted by Crippen LogP contribution is -2.21. The average molecular weight is 271 g/mol. The van der Waals surface area contributed by atoms with Crippen LogP contribution in [0.1, 0.15) is 32.1 Å². The van der Waals surface area contributed by atoms with Gasteiger partial charge >= 0.3 is 0 Å². The van der Waals surface area contributed by atoms with E-state index in [1.54, 1.807) is 17.1 Å². The van der Waals surface area contributed by atoms with Crippen molar-refractivity contribution < 1.29 is 0 Å². The van der Waals surface area contributed by atoms with Crippen LogP contribution < -0.4 is 5.56 Å². The van der Waals surface area contributed by atoms with Crippen LogP contribution in [0.25, 0.3) is 0 Å². The van der Waals surface area contributed by atoms with E-state index in [1.807, 2.05) is 0 Å². The molecule has 1 aromatic heterocycles. The van der Waals surface area contributed by atoms with Crippen LogP contribution >= 0.6 is 15.9 Å². The van der Waals surface area contributed by atoms with E-state index in [-0.39, 0.29) is 5.56 Å². The first-order valence-corrected chi connectivity index (χ1v) is 6.26. The highest BCUT2D eigenvalue weighted by molar-refractivity contribution is 9.10. The summed E-state index contributed by atoms with van der Waals surface area (Å²) in [5.74, 6) is 0.816. The van der Waals surface area contributed by atoms with Gasteiger partial charge in [0.05, 0.1) is 6.33 Å². The van der Waals surface area contributed by atoms with Gasteiger partial charge in [0.1, 0.15) is 4.47 Å². The predicted octanol–water partition coefficient (Wildman–Crippen LogP) is 2.59. The topological polar surface area (TPSA) is 34.9 Å². The Morgan fingerprint density at radius 1 is 1.47 bits per heavy atom. The molecule has 0 saturated heterocycles. The molecule has 2 rings (SSSR count). The Hall–Kier alpha value is -0.640. The van der Waals surface area contributed by atoms with Gasteiger partial charge in [-0.3, -0.25) is 9.36 Å². The van der Waals surface area contributed by atoms with E-state index < -0.39 is 0 Å². The highest BCUT2D eigenvalue weighted by atomic mass is 79.9. The van der Waals surface area contributed by atoms with E-state index in [9.17, 15) is 4.79 Å². The second-order valence-corrected chi connectivity index (χ2v) is 5.03. The standard InChI is InChI=1S/C11H15BrN2O/c12-10-7-13-8-14(11(10)15)6-5-9-3-1-2-4-9/h7-9H,1-6H2. The fourth-order valence-corrected chi connectivity index (χ4v) is 2.55. The van der Waals surface area contributed by atoms with Crippen molar-refractivity contribution in [3.63, 3.8) is 0 Å². The van der Waals surface area contributed by atoms with Crippen LogP contribution in [0.5, 0.6) is 0 Å². The van der Waals surface area contributed by atoms with Crippen molar-refractivity contribution >= 4 is 15.9 Å². The molecule has 1 saturated carbocycles. The third kappa shape index (κ3) is 2.68. The van der Waals surface area contributed by atoms with Crippen molar-refractivity contribution in [1.29, 1.82) is 0 Å². The van der Waals surface area contributed by atoms with Gasteiger partial charge < -0.3 is 0 Å². The summed E-state index contributed by atoms with van der Waals surface area (Å²) in [7, 11) is 0. The summed E-state index contributed by atoms with van der Waals surface area (Å²) in [4.78, 5) is 15.7. The van der Waals surface area contributed by atoms with Crippen LogP contribution in [-0.4, -0.2) is 9.55 Å². The first-order valence-electron chi connectivity index (χ1n) is 5.47. The number of aryl methyl sites for hydroxylation is 1. The van der Waals surface area contributed by atoms with Gasteiger partial charge in [-0.2, -0.15) is 0 Å². The third-order valence-electron chi connectivity index (χ3n) is 3.11. The molecule has 4 heteroatoms. The zero-order valence-corrected chi connectivity index (χ0v) is 10.2. The lowest BCUT2D eigenvalue weighted by molar-refractivity contribution is 0.450. The SMILES string of the molecule is O=c1c(Br)cncn1CCC1CCCC1. The maximum absolute atomic E-state index is 11.6. The number of nitrogens with zero attached hydrogens (tertiary/aromatic N) is 2. The van der Waals surface area contributed by atoms with Crippen molar-refractivity contribution in [1.82, 2.24) is 9.55 Å². The number of hydrogen-bond donors (Lipinski definition) is 0. The summed E-state index contributed by atoms with van der Waals surface area (Å²) in [5.41, 5.74) is 0.0306. The van der Waals surface area contributed by atoms with Gasteiger partial charge in [0.25, 0.3) is 5.56 Å². The van der Waals surface area contributed by atoms with Gasteiger partial charge in [-0.05, 0) is 28.3 Å². The van der Waals surface area contributed by atoms with Gasteiger partial charge in [0, 0.05) is 12.7 Å². The molecule has 1 fully saturated rings. The Morgan fingerprint density at radius 3 is 2.93 bits per heavy atom. The molecule has 15 heavy (non-hydrogen) atoms. The summed E-state index contributed by atoms with van der Waals surface area (Å²) in [6.07, 6.45) is 9.66. The lowest BCUT2D eigenvalue weighted by Gasteiger charge is -2.09. The zero-order chi connectivity index (χ0) is 10.7. The number of aromatic nitrogens is 2. The van der Waals surface area contributed by atoms with Gasteiger partial charge in [-0.15, -0.1) is 0 Å². The predicted molar refractivity (Wildman–Crippen MR) is 62.8 cm³/mol. The van der Waals surface area contributed by atoms with Crippen molar-refractivity contribution in [2.45, 2.75) is 38.6 Å². The van der Waals surface area contributed by atoms with Crippen LogP contribution in [0.2, 0.25) is 0 Å². The van der Waals surface area contributed by atoms with E-state index >= 15 is 0 Å². The molecule has 0 spiro atoms. The molecule has 0 radical (unpaired) electrons. The second kappa shape index (κ2) is 4.92. The minimum atomic E-state index is 0.0306. The molecule has 0 N–H and O–H groups in total. The van der Waals surface area contributed by atoms with E-state index in [1.165, 1.54) is 25.7 Å². The number of halogens is 1. The first-order chi connectivity index (χ1) is 7.27. The molecule has 0 unspecified atom stereocenters. The largest absolute Gasteiger partial charge is 0.298 e. The molecule has 1 aliphatic rings. The Morgan fingerprint density at radius 2 is 2.20 bits per heavy atom. The Bertz CT molecular complexity index is 382. The van der Waals surface area contributed by atoms with Crippen LogP contribution in [0.3, 0.4) is 0 Å². The van der Waals surface area contributed by atoms with Crippen molar-refractivity contribution in [3.8, 4) is 0 Å². The van der Waals surface area contributed by atoms with Crippen LogP contribution in [0, 0.1) is 5.92 Å². The van der Waals surface area contributed by atoms with E-state index in [0.717, 1.165) is 18.9 Å². The molecular formula is C11H15BrN2O. The zero-order valence-electron chi connectivity index (χ0n) is 8.66. The molecular weight excluding hydrogens is 256 g/mol. The Labute approximate surface area is 97.7 Å². The van der Waals surface area contributed by atoms with Crippen molar-refractivity contribution in [2.75, 3.05) is 0 Å². The highest BCUT2D eigenvalue weighted by Gasteiger charge is 2.14. The molecule has 1 heterocycles. The summed E-state index contributed by atoms with van der Waals surface area (Å²) in [5, 5.41) is 0. The van der Waals surface area contributed by atoms with Gasteiger partial charge in [0.2, 0.25) is 0 Å². The first kappa shape index (κ1) is 10.9. The smallest absolute Gasteiger partial charge is 0.267 e. The van der Waals surface area contributed by atoms with Crippen LogP contribution in [0.4, 0.5) is 0 Å². The van der Waals surface area contributed by atoms with E-state index in [2.05, 4.69) is 20.9 Å². The Kier molecular flexibility index (Phi) is 3.57. The summed E-state index contributed by atoms with van der Waals surface area (Å²) < 4.78 is 2.25. The van der Waals surface area contributed by atoms with Gasteiger partial charge in [-0.25, -0.2) is 4.98 Å².